The van der Waals surface area contributed by atoms with E-state index in [9.17, 15) is 0 Å². The zero-order valence-electron chi connectivity index (χ0n) is 11.1. The Bertz CT molecular complexity index is 507. The molecule has 96 valence electrons. The van der Waals surface area contributed by atoms with Gasteiger partial charge in [-0.25, -0.2) is 0 Å². The molecule has 4 heteroatoms. The highest BCUT2D eigenvalue weighted by Crippen LogP contribution is 2.24. The molecule has 2 aromatic rings. The molecule has 0 radical (unpaired) electrons. The summed E-state index contributed by atoms with van der Waals surface area (Å²) in [7, 11) is 5.63. The first-order valence-corrected chi connectivity index (χ1v) is 6.03. The van der Waals surface area contributed by atoms with E-state index in [4.69, 9.17) is 4.74 Å². The zero-order valence-corrected chi connectivity index (χ0v) is 11.1. The van der Waals surface area contributed by atoms with Crippen molar-refractivity contribution >= 4 is 0 Å². The number of nitrogens with one attached hydrogen (secondary N) is 1. The molecule has 0 amide bonds. The van der Waals surface area contributed by atoms with E-state index in [1.165, 1.54) is 11.3 Å². The molecule has 0 aliphatic heterocycles. The lowest BCUT2D eigenvalue weighted by Gasteiger charge is -2.18. The van der Waals surface area contributed by atoms with Crippen LogP contribution in [-0.4, -0.2) is 23.9 Å². The molecule has 1 aromatic carbocycles. The lowest BCUT2D eigenvalue weighted by atomic mass is 10.0. The molecule has 0 saturated carbocycles. The second kappa shape index (κ2) is 5.69. The summed E-state index contributed by atoms with van der Waals surface area (Å²) in [4.78, 5) is 0. The molecular formula is C14H19N3O. The number of ether oxygens (including phenoxy) is 1. The number of para-hydroxylation sites is 1. The van der Waals surface area contributed by atoms with Crippen molar-refractivity contribution in [1.29, 1.82) is 0 Å². The van der Waals surface area contributed by atoms with E-state index >= 15 is 0 Å². The average molecular weight is 245 g/mol. The molecule has 18 heavy (non-hydrogen) atoms. The van der Waals surface area contributed by atoms with Crippen LogP contribution in [0.25, 0.3) is 0 Å². The van der Waals surface area contributed by atoms with Gasteiger partial charge in [0.1, 0.15) is 5.75 Å². The van der Waals surface area contributed by atoms with Crippen molar-refractivity contribution in [3.05, 3.63) is 47.8 Å². The van der Waals surface area contributed by atoms with Crippen molar-refractivity contribution in [2.45, 2.75) is 12.5 Å². The molecule has 1 N–H and O–H groups in total. The fourth-order valence-corrected chi connectivity index (χ4v) is 2.17. The minimum Gasteiger partial charge on any atom is -0.496 e. The van der Waals surface area contributed by atoms with E-state index in [2.05, 4.69) is 16.5 Å². The first-order valence-electron chi connectivity index (χ1n) is 6.03. The molecule has 4 nitrogen and oxygen atoms in total. The van der Waals surface area contributed by atoms with Gasteiger partial charge < -0.3 is 10.1 Å². The van der Waals surface area contributed by atoms with Gasteiger partial charge in [0.25, 0.3) is 0 Å². The predicted octanol–water partition coefficient (Wildman–Crippen LogP) is 1.93. The van der Waals surface area contributed by atoms with Crippen LogP contribution in [0.2, 0.25) is 0 Å². The highest BCUT2D eigenvalue weighted by molar-refractivity contribution is 5.34. The molecule has 2 rings (SSSR count). The van der Waals surface area contributed by atoms with Crippen molar-refractivity contribution in [2.75, 3.05) is 14.2 Å². The van der Waals surface area contributed by atoms with Gasteiger partial charge in [0.05, 0.1) is 18.8 Å². The van der Waals surface area contributed by atoms with Gasteiger partial charge in [-0.1, -0.05) is 18.2 Å². The Balaban J connectivity index is 2.23. The molecule has 0 aliphatic carbocycles. The van der Waals surface area contributed by atoms with Gasteiger partial charge in [0.15, 0.2) is 0 Å². The maximum Gasteiger partial charge on any atom is 0.122 e. The predicted molar refractivity (Wildman–Crippen MR) is 71.7 cm³/mol. The Kier molecular flexibility index (Phi) is 3.99. The fourth-order valence-electron chi connectivity index (χ4n) is 2.17. The van der Waals surface area contributed by atoms with Gasteiger partial charge in [-0.05, 0) is 31.2 Å². The number of aromatic nitrogens is 2. The van der Waals surface area contributed by atoms with E-state index in [0.717, 1.165) is 12.2 Å². The minimum atomic E-state index is 0.230. The largest absolute Gasteiger partial charge is 0.496 e. The molecule has 0 bridgehead atoms. The minimum absolute atomic E-state index is 0.230. The SMILES string of the molecule is CNC(Cc1ccccc1OC)c1ccnn1C. The third kappa shape index (κ3) is 2.54. The number of hydrogen-bond donors (Lipinski definition) is 1. The average Bonchev–Trinajstić information content (AvgIpc) is 2.82. The van der Waals surface area contributed by atoms with E-state index < -0.39 is 0 Å². The van der Waals surface area contributed by atoms with Crippen LogP contribution in [0.5, 0.6) is 5.75 Å². The second-order valence-corrected chi connectivity index (χ2v) is 4.24. The fraction of sp³-hybridized carbons (Fsp3) is 0.357. The van der Waals surface area contributed by atoms with Crippen LogP contribution in [0.1, 0.15) is 17.3 Å². The van der Waals surface area contributed by atoms with Crippen molar-refractivity contribution < 1.29 is 4.74 Å². The molecule has 0 saturated heterocycles. The molecule has 0 spiro atoms. The maximum absolute atomic E-state index is 5.39. The Morgan fingerprint density at radius 1 is 1.33 bits per heavy atom. The van der Waals surface area contributed by atoms with E-state index in [1.807, 2.05) is 49.2 Å². The Labute approximate surface area is 108 Å². The van der Waals surface area contributed by atoms with Crippen LogP contribution < -0.4 is 10.1 Å². The van der Waals surface area contributed by atoms with Crippen LogP contribution in [0, 0.1) is 0 Å². The quantitative estimate of drug-likeness (QED) is 0.875. The summed E-state index contributed by atoms with van der Waals surface area (Å²) in [5.74, 6) is 0.930. The van der Waals surface area contributed by atoms with Crippen LogP contribution in [0.4, 0.5) is 0 Å². The van der Waals surface area contributed by atoms with Crippen molar-refractivity contribution in [3.63, 3.8) is 0 Å². The summed E-state index contributed by atoms with van der Waals surface area (Å²) >= 11 is 0. The normalized spacial score (nSPS) is 12.4. The number of aryl methyl sites for hydroxylation is 1. The van der Waals surface area contributed by atoms with E-state index in [1.54, 1.807) is 7.11 Å². The Morgan fingerprint density at radius 2 is 2.11 bits per heavy atom. The Morgan fingerprint density at radius 3 is 2.72 bits per heavy atom. The van der Waals surface area contributed by atoms with E-state index in [0.29, 0.717) is 0 Å². The summed E-state index contributed by atoms with van der Waals surface area (Å²) < 4.78 is 7.29. The number of benzene rings is 1. The van der Waals surface area contributed by atoms with Crippen molar-refractivity contribution in [1.82, 2.24) is 15.1 Å². The highest BCUT2D eigenvalue weighted by Gasteiger charge is 2.15. The van der Waals surface area contributed by atoms with Gasteiger partial charge in [0, 0.05) is 13.2 Å². The van der Waals surface area contributed by atoms with Crippen LogP contribution in [0.15, 0.2) is 36.5 Å². The van der Waals surface area contributed by atoms with Crippen molar-refractivity contribution in [2.24, 2.45) is 7.05 Å². The lowest BCUT2D eigenvalue weighted by molar-refractivity contribution is 0.405. The first kappa shape index (κ1) is 12.6. The number of methoxy groups -OCH3 is 1. The molecule has 1 aromatic heterocycles. The molecule has 1 atom stereocenters. The zero-order chi connectivity index (χ0) is 13.0. The topological polar surface area (TPSA) is 39.1 Å². The number of rotatable bonds is 5. The van der Waals surface area contributed by atoms with Gasteiger partial charge in [-0.2, -0.15) is 5.10 Å². The third-order valence-electron chi connectivity index (χ3n) is 3.18. The molecule has 0 aliphatic rings. The number of nitrogens with zero attached hydrogens (tertiary/aromatic N) is 2. The number of likely N-dealkylation sites (N-methyl/N-ethyl adjacent to an activating group) is 1. The Hall–Kier alpha value is -1.81. The summed E-state index contributed by atoms with van der Waals surface area (Å²) in [6.45, 7) is 0. The number of hydrogen-bond acceptors (Lipinski definition) is 3. The second-order valence-electron chi connectivity index (χ2n) is 4.24. The summed E-state index contributed by atoms with van der Waals surface area (Å²) in [5.41, 5.74) is 2.36. The smallest absolute Gasteiger partial charge is 0.122 e. The van der Waals surface area contributed by atoms with Crippen molar-refractivity contribution in [3.8, 4) is 5.75 Å². The molecule has 1 unspecified atom stereocenters. The summed E-state index contributed by atoms with van der Waals surface area (Å²) in [6, 6.07) is 10.4. The highest BCUT2D eigenvalue weighted by atomic mass is 16.5. The van der Waals surface area contributed by atoms with Gasteiger partial charge in [-0.15, -0.1) is 0 Å². The standard InChI is InChI=1S/C14H19N3O/c1-15-12(13-8-9-16-17(13)2)10-11-6-4-5-7-14(11)18-3/h4-9,12,15H,10H2,1-3H3. The summed E-state index contributed by atoms with van der Waals surface area (Å²) in [5, 5.41) is 7.54. The third-order valence-corrected chi connectivity index (χ3v) is 3.18. The monoisotopic (exact) mass is 245 g/mol. The molecule has 0 fully saturated rings. The maximum atomic E-state index is 5.39. The molecule has 1 heterocycles. The van der Waals surface area contributed by atoms with E-state index in [-0.39, 0.29) is 6.04 Å². The van der Waals surface area contributed by atoms with Crippen LogP contribution in [-0.2, 0) is 13.5 Å². The van der Waals surface area contributed by atoms with Gasteiger partial charge >= 0.3 is 0 Å². The van der Waals surface area contributed by atoms with Gasteiger partial charge in [0.2, 0.25) is 0 Å². The van der Waals surface area contributed by atoms with Crippen LogP contribution >= 0.6 is 0 Å². The molecular weight excluding hydrogens is 226 g/mol. The first-order chi connectivity index (χ1) is 8.76. The lowest BCUT2D eigenvalue weighted by Crippen LogP contribution is -2.21. The summed E-state index contributed by atoms with van der Waals surface area (Å²) in [6.07, 6.45) is 2.70. The van der Waals surface area contributed by atoms with Crippen LogP contribution in [0.3, 0.4) is 0 Å². The van der Waals surface area contributed by atoms with Gasteiger partial charge in [-0.3, -0.25) is 4.68 Å².